The van der Waals surface area contributed by atoms with Crippen LogP contribution in [-0.2, 0) is 0 Å². The molecule has 0 aliphatic heterocycles. The standard InChI is InChI=1S/C9H20N2O2/c1-7(2)8(5-6-12)10-9(13)11(3)4/h7-8,12H,5-6H2,1-4H3,(H,10,13). The van der Waals surface area contributed by atoms with Crippen LogP contribution in [0.1, 0.15) is 20.3 Å². The van der Waals surface area contributed by atoms with Crippen LogP contribution < -0.4 is 5.32 Å². The van der Waals surface area contributed by atoms with Crippen molar-refractivity contribution in [2.45, 2.75) is 26.3 Å². The van der Waals surface area contributed by atoms with Crippen LogP contribution >= 0.6 is 0 Å². The number of nitrogens with one attached hydrogen (secondary N) is 1. The molecule has 0 fully saturated rings. The van der Waals surface area contributed by atoms with Crippen molar-refractivity contribution in [3.8, 4) is 0 Å². The van der Waals surface area contributed by atoms with Crippen LogP contribution in [0.2, 0.25) is 0 Å². The Labute approximate surface area is 79.9 Å². The predicted octanol–water partition coefficient (Wildman–Crippen LogP) is 0.665. The van der Waals surface area contributed by atoms with Crippen LogP contribution in [0.25, 0.3) is 0 Å². The van der Waals surface area contributed by atoms with Crippen LogP contribution in [-0.4, -0.2) is 42.8 Å². The van der Waals surface area contributed by atoms with Crippen LogP contribution in [0.3, 0.4) is 0 Å². The summed E-state index contributed by atoms with van der Waals surface area (Å²) in [7, 11) is 3.40. The first-order valence-electron chi connectivity index (χ1n) is 4.57. The normalized spacial score (nSPS) is 12.8. The van der Waals surface area contributed by atoms with E-state index in [1.165, 1.54) is 4.90 Å². The molecule has 0 aromatic heterocycles. The Morgan fingerprint density at radius 3 is 2.31 bits per heavy atom. The quantitative estimate of drug-likeness (QED) is 0.681. The Kier molecular flexibility index (Phi) is 5.46. The Balaban J connectivity index is 4.02. The Hall–Kier alpha value is -0.770. The molecule has 0 aliphatic rings. The number of urea groups is 1. The second-order valence-electron chi connectivity index (χ2n) is 3.71. The topological polar surface area (TPSA) is 52.6 Å². The van der Waals surface area contributed by atoms with Gasteiger partial charge in [0.05, 0.1) is 0 Å². The molecule has 0 rings (SSSR count). The number of amides is 2. The maximum absolute atomic E-state index is 11.3. The number of carbonyl (C=O) groups excluding carboxylic acids is 1. The summed E-state index contributed by atoms with van der Waals surface area (Å²) >= 11 is 0. The van der Waals surface area contributed by atoms with Crippen molar-refractivity contribution in [2.24, 2.45) is 5.92 Å². The van der Waals surface area contributed by atoms with Gasteiger partial charge < -0.3 is 15.3 Å². The van der Waals surface area contributed by atoms with E-state index < -0.39 is 0 Å². The Morgan fingerprint density at radius 1 is 1.46 bits per heavy atom. The molecule has 2 amide bonds. The monoisotopic (exact) mass is 188 g/mol. The molecule has 13 heavy (non-hydrogen) atoms. The number of rotatable bonds is 4. The third-order valence-corrected chi connectivity index (χ3v) is 1.96. The van der Waals surface area contributed by atoms with Gasteiger partial charge in [0.2, 0.25) is 0 Å². The van der Waals surface area contributed by atoms with Crippen LogP contribution in [0.4, 0.5) is 4.79 Å². The predicted molar refractivity (Wildman–Crippen MR) is 52.5 cm³/mol. The van der Waals surface area contributed by atoms with Gasteiger partial charge in [-0.05, 0) is 12.3 Å². The molecule has 4 nitrogen and oxygen atoms in total. The third-order valence-electron chi connectivity index (χ3n) is 1.96. The minimum atomic E-state index is -0.104. The molecule has 0 bridgehead atoms. The van der Waals surface area contributed by atoms with Gasteiger partial charge in [0.15, 0.2) is 0 Å². The van der Waals surface area contributed by atoms with Gasteiger partial charge in [0.1, 0.15) is 0 Å². The molecule has 2 N–H and O–H groups in total. The van der Waals surface area contributed by atoms with Crippen molar-refractivity contribution in [3.63, 3.8) is 0 Å². The van der Waals surface area contributed by atoms with Crippen LogP contribution in [0.5, 0.6) is 0 Å². The number of aliphatic hydroxyl groups is 1. The van der Waals surface area contributed by atoms with Crippen molar-refractivity contribution >= 4 is 6.03 Å². The molecule has 0 aromatic carbocycles. The van der Waals surface area contributed by atoms with E-state index in [9.17, 15) is 4.79 Å². The maximum Gasteiger partial charge on any atom is 0.317 e. The van der Waals surface area contributed by atoms with Crippen molar-refractivity contribution in [1.82, 2.24) is 10.2 Å². The lowest BCUT2D eigenvalue weighted by Gasteiger charge is -2.23. The van der Waals surface area contributed by atoms with Crippen molar-refractivity contribution < 1.29 is 9.90 Å². The fraction of sp³-hybridized carbons (Fsp3) is 0.889. The number of nitrogens with zero attached hydrogens (tertiary/aromatic N) is 1. The third kappa shape index (κ3) is 4.72. The molecule has 0 spiro atoms. The van der Waals surface area contributed by atoms with Crippen LogP contribution in [0, 0.1) is 5.92 Å². The second-order valence-corrected chi connectivity index (χ2v) is 3.71. The molecule has 1 unspecified atom stereocenters. The van der Waals surface area contributed by atoms with E-state index in [0.717, 1.165) is 0 Å². The summed E-state index contributed by atoms with van der Waals surface area (Å²) in [6.45, 7) is 4.16. The first-order valence-corrected chi connectivity index (χ1v) is 4.57. The van der Waals surface area contributed by atoms with E-state index in [1.54, 1.807) is 14.1 Å². The van der Waals surface area contributed by atoms with E-state index >= 15 is 0 Å². The van der Waals surface area contributed by atoms with E-state index in [0.29, 0.717) is 12.3 Å². The highest BCUT2D eigenvalue weighted by Crippen LogP contribution is 2.05. The van der Waals surface area contributed by atoms with E-state index in [4.69, 9.17) is 5.11 Å². The van der Waals surface area contributed by atoms with Gasteiger partial charge in [-0.1, -0.05) is 13.8 Å². The SMILES string of the molecule is CC(C)C(CCO)NC(=O)N(C)C. The Morgan fingerprint density at radius 2 is 2.00 bits per heavy atom. The first kappa shape index (κ1) is 12.2. The average Bonchev–Trinajstić information content (AvgIpc) is 2.03. The van der Waals surface area contributed by atoms with Crippen LogP contribution in [0.15, 0.2) is 0 Å². The molecular formula is C9H20N2O2. The van der Waals surface area contributed by atoms with Crippen molar-refractivity contribution in [3.05, 3.63) is 0 Å². The number of aliphatic hydroxyl groups excluding tert-OH is 1. The van der Waals surface area contributed by atoms with E-state index in [1.807, 2.05) is 13.8 Å². The highest BCUT2D eigenvalue weighted by Gasteiger charge is 2.15. The lowest BCUT2D eigenvalue weighted by Crippen LogP contribution is -2.44. The summed E-state index contributed by atoms with van der Waals surface area (Å²) in [6, 6.07) is -0.0490. The highest BCUT2D eigenvalue weighted by molar-refractivity contribution is 5.73. The minimum Gasteiger partial charge on any atom is -0.396 e. The van der Waals surface area contributed by atoms with Gasteiger partial charge in [-0.15, -0.1) is 0 Å². The number of carbonyl (C=O) groups is 1. The number of hydrogen-bond acceptors (Lipinski definition) is 2. The molecule has 0 aromatic rings. The van der Waals surface area contributed by atoms with Gasteiger partial charge in [-0.3, -0.25) is 0 Å². The maximum atomic E-state index is 11.3. The Bertz CT molecular complexity index is 158. The number of hydrogen-bond donors (Lipinski definition) is 2. The fourth-order valence-electron chi connectivity index (χ4n) is 0.999. The molecule has 0 radical (unpaired) electrons. The largest absolute Gasteiger partial charge is 0.396 e. The zero-order chi connectivity index (χ0) is 10.4. The highest BCUT2D eigenvalue weighted by atomic mass is 16.3. The zero-order valence-corrected chi connectivity index (χ0v) is 8.87. The molecule has 1 atom stereocenters. The second kappa shape index (κ2) is 5.80. The average molecular weight is 188 g/mol. The summed E-state index contributed by atoms with van der Waals surface area (Å²) in [4.78, 5) is 12.8. The summed E-state index contributed by atoms with van der Waals surface area (Å²) in [6.07, 6.45) is 0.608. The first-order chi connectivity index (χ1) is 5.99. The van der Waals surface area contributed by atoms with Gasteiger partial charge in [0.25, 0.3) is 0 Å². The zero-order valence-electron chi connectivity index (χ0n) is 8.87. The lowest BCUT2D eigenvalue weighted by atomic mass is 10.0. The van der Waals surface area contributed by atoms with Crippen molar-refractivity contribution in [2.75, 3.05) is 20.7 Å². The molecule has 78 valence electrons. The lowest BCUT2D eigenvalue weighted by molar-refractivity contribution is 0.199. The molecule has 4 heteroatoms. The van der Waals surface area contributed by atoms with Crippen molar-refractivity contribution in [1.29, 1.82) is 0 Å². The molecule has 0 aliphatic carbocycles. The van der Waals surface area contributed by atoms with E-state index in [2.05, 4.69) is 5.32 Å². The molecule has 0 heterocycles. The molecule has 0 saturated carbocycles. The van der Waals surface area contributed by atoms with E-state index in [-0.39, 0.29) is 18.7 Å². The van der Waals surface area contributed by atoms with Gasteiger partial charge in [-0.25, -0.2) is 4.79 Å². The smallest absolute Gasteiger partial charge is 0.317 e. The molecular weight excluding hydrogens is 168 g/mol. The summed E-state index contributed by atoms with van der Waals surface area (Å²) in [5.74, 6) is 0.344. The summed E-state index contributed by atoms with van der Waals surface area (Å²) < 4.78 is 0. The minimum absolute atomic E-state index is 0.0555. The van der Waals surface area contributed by atoms with Gasteiger partial charge in [0, 0.05) is 26.7 Å². The summed E-state index contributed by atoms with van der Waals surface area (Å²) in [5, 5.41) is 11.6. The van der Waals surface area contributed by atoms with Gasteiger partial charge >= 0.3 is 6.03 Å². The fourth-order valence-corrected chi connectivity index (χ4v) is 0.999. The molecule has 0 saturated heterocycles. The van der Waals surface area contributed by atoms with Gasteiger partial charge in [-0.2, -0.15) is 0 Å². The summed E-state index contributed by atoms with van der Waals surface area (Å²) in [5.41, 5.74) is 0.